The van der Waals surface area contributed by atoms with Crippen LogP contribution in [-0.4, -0.2) is 55.5 Å². The molecule has 5 nitrogen and oxygen atoms in total. The summed E-state index contributed by atoms with van der Waals surface area (Å²) in [7, 11) is 3.44. The fourth-order valence-corrected chi connectivity index (χ4v) is 2.73. The minimum atomic E-state index is -0.324. The van der Waals surface area contributed by atoms with Crippen molar-refractivity contribution in [1.29, 1.82) is 0 Å². The Hall–Kier alpha value is -1.11. The predicted octanol–water partition coefficient (Wildman–Crippen LogP) is 1.85. The molecule has 0 radical (unpaired) electrons. The molecule has 0 fully saturated rings. The molecule has 0 N–H and O–H groups in total. The van der Waals surface area contributed by atoms with E-state index in [0.29, 0.717) is 17.5 Å². The third-order valence-corrected chi connectivity index (χ3v) is 3.77. The van der Waals surface area contributed by atoms with Gasteiger partial charge in [-0.25, -0.2) is 0 Å². The van der Waals surface area contributed by atoms with Crippen LogP contribution in [0.25, 0.3) is 0 Å². The maximum absolute atomic E-state index is 12.0. The number of likely N-dealkylation sites (N-methyl/N-ethyl adjacent to an activating group) is 2. The van der Waals surface area contributed by atoms with Gasteiger partial charge < -0.3 is 9.64 Å². The fourth-order valence-electron chi connectivity index (χ4n) is 1.59. The van der Waals surface area contributed by atoms with E-state index in [9.17, 15) is 9.59 Å². The Kier molecular flexibility index (Phi) is 6.98. The largest absolute Gasteiger partial charge is 0.465 e. The van der Waals surface area contributed by atoms with Crippen LogP contribution in [0.5, 0.6) is 0 Å². The first kappa shape index (κ1) is 16.9. The topological polar surface area (TPSA) is 49.9 Å². The van der Waals surface area contributed by atoms with Gasteiger partial charge in [0, 0.05) is 11.9 Å². The summed E-state index contributed by atoms with van der Waals surface area (Å²) in [5, 5.41) is 0. The number of esters is 1. The Bertz CT molecular complexity index is 464. The van der Waals surface area contributed by atoms with E-state index in [1.54, 1.807) is 30.8 Å². The molecule has 1 rings (SSSR count). The molecule has 0 saturated heterocycles. The predicted molar refractivity (Wildman–Crippen MR) is 79.9 cm³/mol. The molecule has 0 unspecified atom stereocenters. The van der Waals surface area contributed by atoms with E-state index in [1.165, 1.54) is 11.3 Å². The third kappa shape index (κ3) is 5.90. The first-order valence-corrected chi connectivity index (χ1v) is 7.44. The van der Waals surface area contributed by atoms with Crippen molar-refractivity contribution >= 4 is 34.8 Å². The minimum Gasteiger partial charge on any atom is -0.465 e. The van der Waals surface area contributed by atoms with E-state index >= 15 is 0 Å². The second kappa shape index (κ2) is 8.24. The highest BCUT2D eigenvalue weighted by Crippen LogP contribution is 2.22. The molecular weight excluding hydrogens is 300 g/mol. The van der Waals surface area contributed by atoms with E-state index in [1.807, 2.05) is 12.1 Å². The summed E-state index contributed by atoms with van der Waals surface area (Å²) in [4.78, 5) is 27.6. The van der Waals surface area contributed by atoms with Crippen LogP contribution in [0, 0.1) is 0 Å². The number of halogens is 1. The Morgan fingerprint density at radius 2 is 2.00 bits per heavy atom. The molecular formula is C13H19ClN2O3S. The minimum absolute atomic E-state index is 0.0543. The lowest BCUT2D eigenvalue weighted by Gasteiger charge is -2.20. The SMILES string of the molecule is CCOC(=O)CN(C)CC(=O)N(C)Cc1ccc(Cl)s1. The molecule has 1 aromatic heterocycles. The van der Waals surface area contributed by atoms with Crippen LogP contribution < -0.4 is 0 Å². The van der Waals surface area contributed by atoms with Gasteiger partial charge in [-0.2, -0.15) is 0 Å². The molecule has 1 amide bonds. The summed E-state index contributed by atoms with van der Waals surface area (Å²) in [5.41, 5.74) is 0. The van der Waals surface area contributed by atoms with Crippen LogP contribution in [0.3, 0.4) is 0 Å². The molecule has 0 aliphatic carbocycles. The van der Waals surface area contributed by atoms with Crippen LogP contribution >= 0.6 is 22.9 Å². The summed E-state index contributed by atoms with van der Waals surface area (Å²) in [6.07, 6.45) is 0. The first-order chi connectivity index (χ1) is 9.42. The fraction of sp³-hybridized carbons (Fsp3) is 0.538. The second-order valence-electron chi connectivity index (χ2n) is 4.43. The molecule has 0 bridgehead atoms. The van der Waals surface area contributed by atoms with Gasteiger partial charge in [-0.05, 0) is 26.1 Å². The zero-order chi connectivity index (χ0) is 15.1. The van der Waals surface area contributed by atoms with Crippen molar-refractivity contribution in [2.24, 2.45) is 0 Å². The van der Waals surface area contributed by atoms with Crippen LogP contribution in [0.15, 0.2) is 12.1 Å². The summed E-state index contributed by atoms with van der Waals surface area (Å²) in [6.45, 7) is 2.90. The van der Waals surface area contributed by atoms with Crippen molar-refractivity contribution in [3.05, 3.63) is 21.3 Å². The van der Waals surface area contributed by atoms with Gasteiger partial charge in [0.05, 0.1) is 30.6 Å². The number of hydrogen-bond acceptors (Lipinski definition) is 5. The van der Waals surface area contributed by atoms with E-state index in [4.69, 9.17) is 16.3 Å². The van der Waals surface area contributed by atoms with Crippen molar-refractivity contribution in [2.75, 3.05) is 33.8 Å². The highest BCUT2D eigenvalue weighted by atomic mass is 35.5. The highest BCUT2D eigenvalue weighted by Gasteiger charge is 2.15. The van der Waals surface area contributed by atoms with Gasteiger partial charge in [-0.3, -0.25) is 14.5 Å². The van der Waals surface area contributed by atoms with Crippen molar-refractivity contribution in [3.8, 4) is 0 Å². The number of nitrogens with zero attached hydrogens (tertiary/aromatic N) is 2. The van der Waals surface area contributed by atoms with Crippen LogP contribution in [0.1, 0.15) is 11.8 Å². The molecule has 0 saturated carbocycles. The number of hydrogen-bond donors (Lipinski definition) is 0. The quantitative estimate of drug-likeness (QED) is 0.720. The van der Waals surface area contributed by atoms with Crippen LogP contribution in [0.4, 0.5) is 0 Å². The maximum Gasteiger partial charge on any atom is 0.320 e. The normalized spacial score (nSPS) is 10.7. The van der Waals surface area contributed by atoms with E-state index in [-0.39, 0.29) is 25.0 Å². The molecule has 0 atom stereocenters. The van der Waals surface area contributed by atoms with Crippen molar-refractivity contribution in [1.82, 2.24) is 9.80 Å². The molecule has 1 heterocycles. The summed E-state index contributed by atoms with van der Waals surface area (Å²) in [5.74, 6) is -0.378. The first-order valence-electron chi connectivity index (χ1n) is 6.24. The highest BCUT2D eigenvalue weighted by molar-refractivity contribution is 7.16. The molecule has 1 aromatic rings. The van der Waals surface area contributed by atoms with Gasteiger partial charge in [-0.1, -0.05) is 11.6 Å². The second-order valence-corrected chi connectivity index (χ2v) is 6.23. The van der Waals surface area contributed by atoms with Gasteiger partial charge >= 0.3 is 5.97 Å². The Morgan fingerprint density at radius 3 is 2.55 bits per heavy atom. The Balaban J connectivity index is 2.39. The van der Waals surface area contributed by atoms with Crippen LogP contribution in [-0.2, 0) is 20.9 Å². The monoisotopic (exact) mass is 318 g/mol. The van der Waals surface area contributed by atoms with Gasteiger partial charge in [0.2, 0.25) is 5.91 Å². The van der Waals surface area contributed by atoms with E-state index in [2.05, 4.69) is 0 Å². The van der Waals surface area contributed by atoms with Crippen molar-refractivity contribution in [2.45, 2.75) is 13.5 Å². The summed E-state index contributed by atoms with van der Waals surface area (Å²) in [6, 6.07) is 3.71. The van der Waals surface area contributed by atoms with Crippen molar-refractivity contribution < 1.29 is 14.3 Å². The van der Waals surface area contributed by atoms with Gasteiger partial charge in [0.25, 0.3) is 0 Å². The molecule has 7 heteroatoms. The third-order valence-electron chi connectivity index (χ3n) is 2.56. The molecule has 0 aromatic carbocycles. The number of ether oxygens (including phenoxy) is 1. The van der Waals surface area contributed by atoms with Gasteiger partial charge in [-0.15, -0.1) is 11.3 Å². The number of carbonyl (C=O) groups excluding carboxylic acids is 2. The summed E-state index contributed by atoms with van der Waals surface area (Å²) < 4.78 is 5.54. The smallest absolute Gasteiger partial charge is 0.320 e. The van der Waals surface area contributed by atoms with E-state index in [0.717, 1.165) is 4.88 Å². The zero-order valence-electron chi connectivity index (χ0n) is 11.9. The van der Waals surface area contributed by atoms with Gasteiger partial charge in [0.1, 0.15) is 0 Å². The summed E-state index contributed by atoms with van der Waals surface area (Å²) >= 11 is 7.30. The lowest BCUT2D eigenvalue weighted by molar-refractivity contribution is -0.144. The molecule has 0 spiro atoms. The lowest BCUT2D eigenvalue weighted by Crippen LogP contribution is -2.38. The number of thiophene rings is 1. The molecule has 20 heavy (non-hydrogen) atoms. The maximum atomic E-state index is 12.0. The van der Waals surface area contributed by atoms with Crippen LogP contribution in [0.2, 0.25) is 4.34 Å². The van der Waals surface area contributed by atoms with Gasteiger partial charge in [0.15, 0.2) is 0 Å². The standard InChI is InChI=1S/C13H19ClN2O3S/c1-4-19-13(18)9-15(2)8-12(17)16(3)7-10-5-6-11(14)20-10/h5-6H,4,7-9H2,1-3H3. The zero-order valence-corrected chi connectivity index (χ0v) is 13.5. The average Bonchev–Trinajstić information content (AvgIpc) is 2.74. The van der Waals surface area contributed by atoms with Crippen molar-refractivity contribution in [3.63, 3.8) is 0 Å². The Morgan fingerprint density at radius 1 is 1.30 bits per heavy atom. The molecule has 0 aliphatic rings. The number of amides is 1. The lowest BCUT2D eigenvalue weighted by atomic mass is 10.4. The van der Waals surface area contributed by atoms with E-state index < -0.39 is 0 Å². The molecule has 0 aliphatic heterocycles. The molecule has 112 valence electrons. The number of carbonyl (C=O) groups is 2. The Labute approximate surface area is 128 Å². The number of rotatable bonds is 7. The average molecular weight is 319 g/mol.